The van der Waals surface area contributed by atoms with Gasteiger partial charge < -0.3 is 45.1 Å². The standard InChI is InChI=1S/C65H117NO10/c1-4-7-10-13-16-19-22-25-26-27-28-29-30-31-32-33-34-35-38-41-44-47-50-53-60(70)76-63-62(72)61(71)59(54-67)75-65(63)74-55-56(57(68)51-48-45-42-39-36-23-20-17-14-11-8-5-2)66-64(73)58(69)52-49-46-43-40-37-24-21-18-15-12-9-6-3/h16,19,25-26,28-29,37,40,48,51,56-59,61-63,65,67-69,71-72H,4-15,17-18,20-24,27,30-36,38-39,41-47,49-50,52-55H2,1-3H3,(H,66,73)/b19-16-,26-25-,29-28-,40-37-,51-48+. The number of hydrogen-bond acceptors (Lipinski definition) is 10. The van der Waals surface area contributed by atoms with Crippen LogP contribution in [0.15, 0.2) is 60.8 Å². The van der Waals surface area contributed by atoms with E-state index >= 15 is 0 Å². The summed E-state index contributed by atoms with van der Waals surface area (Å²) in [6.07, 6.45) is 55.5. The first-order chi connectivity index (χ1) is 37.2. The maximum Gasteiger partial charge on any atom is 0.306 e. The van der Waals surface area contributed by atoms with Gasteiger partial charge in [0.05, 0.1) is 25.4 Å². The molecular formula is C65H117NO10. The minimum Gasteiger partial charge on any atom is -0.454 e. The van der Waals surface area contributed by atoms with Crippen LogP contribution in [0.5, 0.6) is 0 Å². The van der Waals surface area contributed by atoms with Crippen molar-refractivity contribution in [1.29, 1.82) is 0 Å². The van der Waals surface area contributed by atoms with E-state index in [1.807, 2.05) is 6.08 Å². The molecule has 0 radical (unpaired) electrons. The lowest BCUT2D eigenvalue weighted by atomic mass is 9.99. The van der Waals surface area contributed by atoms with Crippen LogP contribution in [-0.2, 0) is 23.8 Å². The average molecular weight is 1070 g/mol. The number of unbranched alkanes of at least 4 members (excludes halogenated alkanes) is 31. The third-order valence-corrected chi connectivity index (χ3v) is 14.6. The predicted octanol–water partition coefficient (Wildman–Crippen LogP) is 15.0. The third-order valence-electron chi connectivity index (χ3n) is 14.6. The number of carbonyl (C=O) groups is 2. The largest absolute Gasteiger partial charge is 0.454 e. The Labute approximate surface area is 465 Å². The van der Waals surface area contributed by atoms with Crippen LogP contribution < -0.4 is 5.32 Å². The molecule has 8 unspecified atom stereocenters. The first-order valence-corrected chi connectivity index (χ1v) is 31.6. The smallest absolute Gasteiger partial charge is 0.306 e. The van der Waals surface area contributed by atoms with Gasteiger partial charge in [0, 0.05) is 6.42 Å². The number of ether oxygens (including phenoxy) is 3. The van der Waals surface area contributed by atoms with Crippen LogP contribution in [0, 0.1) is 0 Å². The van der Waals surface area contributed by atoms with Gasteiger partial charge in [-0.15, -0.1) is 0 Å². The third kappa shape index (κ3) is 40.5. The Bertz CT molecular complexity index is 1460. The van der Waals surface area contributed by atoms with E-state index in [9.17, 15) is 35.1 Å². The van der Waals surface area contributed by atoms with Crippen molar-refractivity contribution in [1.82, 2.24) is 5.32 Å². The van der Waals surface area contributed by atoms with Crippen molar-refractivity contribution in [3.8, 4) is 0 Å². The topological polar surface area (TPSA) is 175 Å². The van der Waals surface area contributed by atoms with Crippen molar-refractivity contribution in [3.05, 3.63) is 60.8 Å². The molecule has 1 fully saturated rings. The summed E-state index contributed by atoms with van der Waals surface area (Å²) in [6.45, 7) is 5.74. The summed E-state index contributed by atoms with van der Waals surface area (Å²) < 4.78 is 17.6. The second-order valence-electron chi connectivity index (χ2n) is 21.8. The van der Waals surface area contributed by atoms with Gasteiger partial charge >= 0.3 is 5.97 Å². The van der Waals surface area contributed by atoms with Gasteiger partial charge in [-0.1, -0.05) is 242 Å². The second kappa shape index (κ2) is 53.0. The normalized spacial score (nSPS) is 19.5. The van der Waals surface area contributed by atoms with E-state index in [0.717, 1.165) is 77.0 Å². The number of aliphatic hydroxyl groups excluding tert-OH is 5. The highest BCUT2D eigenvalue weighted by atomic mass is 16.7. The first-order valence-electron chi connectivity index (χ1n) is 31.6. The summed E-state index contributed by atoms with van der Waals surface area (Å²) in [4.78, 5) is 26.5. The Morgan fingerprint density at radius 2 is 0.908 bits per heavy atom. The zero-order valence-corrected chi connectivity index (χ0v) is 48.9. The van der Waals surface area contributed by atoms with Gasteiger partial charge in [0.15, 0.2) is 12.4 Å². The highest BCUT2D eigenvalue weighted by Gasteiger charge is 2.47. The van der Waals surface area contributed by atoms with Gasteiger partial charge in [-0.3, -0.25) is 9.59 Å². The number of aliphatic hydroxyl groups is 5. The van der Waals surface area contributed by atoms with E-state index in [4.69, 9.17) is 14.2 Å². The fourth-order valence-corrected chi connectivity index (χ4v) is 9.59. The van der Waals surface area contributed by atoms with Gasteiger partial charge in [0.25, 0.3) is 0 Å². The van der Waals surface area contributed by atoms with Gasteiger partial charge in [0.1, 0.15) is 24.4 Å². The van der Waals surface area contributed by atoms with Gasteiger partial charge in [-0.2, -0.15) is 0 Å². The van der Waals surface area contributed by atoms with Crippen LogP contribution >= 0.6 is 0 Å². The molecule has 0 aromatic rings. The summed E-state index contributed by atoms with van der Waals surface area (Å²) >= 11 is 0. The van der Waals surface area contributed by atoms with Crippen LogP contribution in [0.4, 0.5) is 0 Å². The molecule has 0 bridgehead atoms. The summed E-state index contributed by atoms with van der Waals surface area (Å²) in [5.41, 5.74) is 0. The Morgan fingerprint density at radius 1 is 0.513 bits per heavy atom. The van der Waals surface area contributed by atoms with E-state index in [1.165, 1.54) is 154 Å². The molecule has 1 aliphatic rings. The Morgan fingerprint density at radius 3 is 1.39 bits per heavy atom. The van der Waals surface area contributed by atoms with Gasteiger partial charge in [0.2, 0.25) is 5.91 Å². The monoisotopic (exact) mass is 1070 g/mol. The summed E-state index contributed by atoms with van der Waals surface area (Å²) in [5.74, 6) is -1.21. The maximum absolute atomic E-state index is 13.4. The zero-order valence-electron chi connectivity index (χ0n) is 48.9. The molecule has 76 heavy (non-hydrogen) atoms. The molecular weight excluding hydrogens is 955 g/mol. The molecule has 11 heteroatoms. The molecule has 0 saturated carbocycles. The molecule has 6 N–H and O–H groups in total. The van der Waals surface area contributed by atoms with E-state index < -0.39 is 67.4 Å². The van der Waals surface area contributed by atoms with E-state index in [-0.39, 0.29) is 19.4 Å². The number of esters is 1. The lowest BCUT2D eigenvalue weighted by Gasteiger charge is -2.41. The van der Waals surface area contributed by atoms with Crippen LogP contribution in [0.25, 0.3) is 0 Å². The molecule has 0 aliphatic carbocycles. The van der Waals surface area contributed by atoms with Crippen molar-refractivity contribution in [3.63, 3.8) is 0 Å². The Balaban J connectivity index is 2.63. The number of amides is 1. The second-order valence-corrected chi connectivity index (χ2v) is 21.8. The first kappa shape index (κ1) is 71.4. The minimum absolute atomic E-state index is 0.116. The summed E-state index contributed by atoms with van der Waals surface area (Å²) in [6, 6.07) is -1.03. The average Bonchev–Trinajstić information content (AvgIpc) is 3.42. The number of allylic oxidation sites excluding steroid dienone is 9. The van der Waals surface area contributed by atoms with Gasteiger partial charge in [-0.05, 0) is 89.9 Å². The van der Waals surface area contributed by atoms with Crippen LogP contribution in [-0.4, -0.2) is 99.6 Å². The van der Waals surface area contributed by atoms with Crippen molar-refractivity contribution in [2.24, 2.45) is 0 Å². The lowest BCUT2D eigenvalue weighted by Crippen LogP contribution is -2.61. The van der Waals surface area contributed by atoms with E-state index in [0.29, 0.717) is 12.8 Å². The van der Waals surface area contributed by atoms with Crippen LogP contribution in [0.2, 0.25) is 0 Å². The minimum atomic E-state index is -1.62. The molecule has 1 aliphatic heterocycles. The molecule has 1 saturated heterocycles. The molecule has 11 nitrogen and oxygen atoms in total. The lowest BCUT2D eigenvalue weighted by molar-refractivity contribution is -0.305. The molecule has 1 heterocycles. The zero-order chi connectivity index (χ0) is 55.4. The fraction of sp³-hybridized carbons (Fsp3) is 0.815. The summed E-state index contributed by atoms with van der Waals surface area (Å²) in [7, 11) is 0. The van der Waals surface area contributed by atoms with E-state index in [1.54, 1.807) is 6.08 Å². The number of nitrogens with one attached hydrogen (secondary N) is 1. The highest BCUT2D eigenvalue weighted by molar-refractivity contribution is 5.80. The highest BCUT2D eigenvalue weighted by Crippen LogP contribution is 2.26. The number of hydrogen-bond donors (Lipinski definition) is 6. The van der Waals surface area contributed by atoms with Gasteiger partial charge in [-0.25, -0.2) is 0 Å². The summed E-state index contributed by atoms with van der Waals surface area (Å²) in [5, 5.41) is 56.9. The maximum atomic E-state index is 13.4. The van der Waals surface area contributed by atoms with Crippen molar-refractivity contribution < 1.29 is 49.3 Å². The quantitative estimate of drug-likeness (QED) is 0.0195. The number of carbonyl (C=O) groups excluding carboxylic acids is 2. The van der Waals surface area contributed by atoms with Crippen LogP contribution in [0.1, 0.15) is 278 Å². The fourth-order valence-electron chi connectivity index (χ4n) is 9.59. The van der Waals surface area contributed by atoms with E-state index in [2.05, 4.69) is 74.7 Å². The predicted molar refractivity (Wildman–Crippen MR) is 315 cm³/mol. The molecule has 8 atom stereocenters. The Kier molecular flexibility index (Phi) is 49.8. The molecule has 1 amide bonds. The molecule has 0 aromatic heterocycles. The molecule has 0 spiro atoms. The SMILES string of the molecule is CCCCC/C=C\C/C=C\C/C=C\CCCCCCCCCCCCC(=O)OC1C(OCC(NC(=O)C(O)CCCC/C=C\CCCCCCCC)C(O)/C=C/CCCCCCCCCCCC)OC(CO)C(O)C1O. The van der Waals surface area contributed by atoms with Crippen molar-refractivity contribution in [2.45, 2.75) is 327 Å². The molecule has 442 valence electrons. The van der Waals surface area contributed by atoms with Crippen molar-refractivity contribution in [2.75, 3.05) is 13.2 Å². The van der Waals surface area contributed by atoms with Crippen LogP contribution in [0.3, 0.4) is 0 Å². The molecule has 1 rings (SSSR count). The molecule has 0 aromatic carbocycles. The Hall–Kier alpha value is -2.64. The van der Waals surface area contributed by atoms with Crippen molar-refractivity contribution >= 4 is 11.9 Å². The number of rotatable bonds is 53.